The fourth-order valence-electron chi connectivity index (χ4n) is 3.02. The van der Waals surface area contributed by atoms with Gasteiger partial charge in [-0.15, -0.1) is 24.8 Å². The normalized spacial score (nSPS) is 11.1. The second-order valence-corrected chi connectivity index (χ2v) is 6.66. The maximum atomic E-state index is 12.8. The summed E-state index contributed by atoms with van der Waals surface area (Å²) >= 11 is 0. The summed E-state index contributed by atoms with van der Waals surface area (Å²) in [6, 6.07) is 15.0. The largest absolute Gasteiger partial charge is 0.493 e. The Balaban J connectivity index is 0.00000225. The molecule has 0 bridgehead atoms. The quantitative estimate of drug-likeness (QED) is 0.561. The lowest BCUT2D eigenvalue weighted by Crippen LogP contribution is -2.29. The number of aromatic nitrogens is 1. The average molecular weight is 452 g/mol. The molecule has 30 heavy (non-hydrogen) atoms. The molecule has 162 valence electrons. The van der Waals surface area contributed by atoms with Gasteiger partial charge in [-0.1, -0.05) is 18.2 Å². The van der Waals surface area contributed by atoms with Crippen molar-refractivity contribution in [2.75, 3.05) is 20.8 Å². The molecule has 3 aromatic rings. The number of hydrogen-bond acceptors (Lipinski definition) is 5. The Morgan fingerprint density at radius 2 is 1.77 bits per heavy atom. The van der Waals surface area contributed by atoms with Gasteiger partial charge in [-0.25, -0.2) is 4.98 Å². The van der Waals surface area contributed by atoms with E-state index in [1.54, 1.807) is 14.2 Å². The molecule has 6 nitrogen and oxygen atoms in total. The van der Waals surface area contributed by atoms with Crippen LogP contribution in [-0.4, -0.2) is 37.7 Å². The van der Waals surface area contributed by atoms with Crippen LogP contribution < -0.4 is 20.5 Å². The molecular formula is C22H27Cl2N3O3. The number of carbonyl (C=O) groups is 1. The fraction of sp³-hybridized carbons (Fsp3) is 0.273. The molecule has 1 unspecified atom stereocenters. The number of carbonyl (C=O) groups excluding carboxylic acids is 1. The molecule has 1 amide bonds. The van der Waals surface area contributed by atoms with E-state index in [1.165, 1.54) is 0 Å². The van der Waals surface area contributed by atoms with Gasteiger partial charge in [0, 0.05) is 23.5 Å². The number of para-hydroxylation sites is 1. The number of methoxy groups -OCH3 is 2. The lowest BCUT2D eigenvalue weighted by Gasteiger charge is -2.13. The number of hydrogen-bond donors (Lipinski definition) is 2. The lowest BCUT2D eigenvalue weighted by atomic mass is 10.0. The van der Waals surface area contributed by atoms with Gasteiger partial charge in [-0.05, 0) is 43.7 Å². The van der Waals surface area contributed by atoms with E-state index in [2.05, 4.69) is 5.32 Å². The van der Waals surface area contributed by atoms with Crippen molar-refractivity contribution in [2.24, 2.45) is 5.73 Å². The summed E-state index contributed by atoms with van der Waals surface area (Å²) in [7, 11) is 3.18. The first-order chi connectivity index (χ1) is 13.5. The van der Waals surface area contributed by atoms with Crippen LogP contribution in [0.15, 0.2) is 48.5 Å². The van der Waals surface area contributed by atoms with E-state index in [4.69, 9.17) is 20.2 Å². The Bertz CT molecular complexity index is 997. The third kappa shape index (κ3) is 5.75. The van der Waals surface area contributed by atoms with E-state index in [0.29, 0.717) is 29.3 Å². The van der Waals surface area contributed by atoms with Crippen LogP contribution in [0.3, 0.4) is 0 Å². The number of nitrogens with two attached hydrogens (primary N) is 1. The van der Waals surface area contributed by atoms with Gasteiger partial charge in [-0.2, -0.15) is 0 Å². The molecule has 2 aromatic carbocycles. The van der Waals surface area contributed by atoms with Gasteiger partial charge in [0.05, 0.1) is 31.0 Å². The third-order valence-electron chi connectivity index (χ3n) is 4.53. The number of nitrogens with zero attached hydrogens (tertiary/aromatic N) is 1. The van der Waals surface area contributed by atoms with Crippen molar-refractivity contribution < 1.29 is 14.3 Å². The zero-order chi connectivity index (χ0) is 20.1. The van der Waals surface area contributed by atoms with Crippen molar-refractivity contribution in [3.8, 4) is 22.8 Å². The number of rotatable bonds is 7. The number of ether oxygens (including phenoxy) is 2. The Kier molecular flexibility index (Phi) is 9.85. The molecule has 0 aliphatic heterocycles. The highest BCUT2D eigenvalue weighted by Gasteiger charge is 2.15. The summed E-state index contributed by atoms with van der Waals surface area (Å²) in [5.41, 5.74) is 8.65. The van der Waals surface area contributed by atoms with Crippen LogP contribution in [0.2, 0.25) is 0 Å². The van der Waals surface area contributed by atoms with E-state index >= 15 is 0 Å². The molecule has 0 spiro atoms. The summed E-state index contributed by atoms with van der Waals surface area (Å²) < 4.78 is 10.7. The topological polar surface area (TPSA) is 86.5 Å². The summed E-state index contributed by atoms with van der Waals surface area (Å²) in [6.07, 6.45) is 0.720. The highest BCUT2D eigenvalue weighted by molar-refractivity contribution is 6.07. The molecular weight excluding hydrogens is 425 g/mol. The van der Waals surface area contributed by atoms with E-state index < -0.39 is 0 Å². The van der Waals surface area contributed by atoms with Crippen molar-refractivity contribution >= 4 is 41.6 Å². The van der Waals surface area contributed by atoms with Gasteiger partial charge in [0.25, 0.3) is 5.91 Å². The lowest BCUT2D eigenvalue weighted by molar-refractivity contribution is 0.0954. The molecule has 0 saturated carbocycles. The van der Waals surface area contributed by atoms with E-state index in [9.17, 15) is 4.79 Å². The van der Waals surface area contributed by atoms with E-state index in [-0.39, 0.29) is 36.8 Å². The Hall–Kier alpha value is -2.54. The average Bonchev–Trinajstić information content (AvgIpc) is 2.72. The minimum atomic E-state index is -0.138. The number of halogens is 2. The van der Waals surface area contributed by atoms with Gasteiger partial charge >= 0.3 is 0 Å². The van der Waals surface area contributed by atoms with Crippen molar-refractivity contribution in [1.29, 1.82) is 0 Å². The molecule has 3 N–H and O–H groups in total. The highest BCUT2D eigenvalue weighted by atomic mass is 35.5. The van der Waals surface area contributed by atoms with Gasteiger partial charge in [0.2, 0.25) is 0 Å². The second kappa shape index (κ2) is 11.6. The van der Waals surface area contributed by atoms with Crippen LogP contribution >= 0.6 is 24.8 Å². The van der Waals surface area contributed by atoms with Crippen LogP contribution in [0, 0.1) is 0 Å². The van der Waals surface area contributed by atoms with E-state index in [1.807, 2.05) is 55.5 Å². The first-order valence-corrected chi connectivity index (χ1v) is 9.19. The molecule has 1 atom stereocenters. The van der Waals surface area contributed by atoms with Gasteiger partial charge in [0.15, 0.2) is 11.5 Å². The number of amides is 1. The van der Waals surface area contributed by atoms with Crippen molar-refractivity contribution in [1.82, 2.24) is 10.3 Å². The smallest absolute Gasteiger partial charge is 0.252 e. The van der Waals surface area contributed by atoms with Crippen molar-refractivity contribution in [3.63, 3.8) is 0 Å². The minimum Gasteiger partial charge on any atom is -0.493 e. The number of pyridine rings is 1. The predicted octanol–water partition coefficient (Wildman–Crippen LogP) is 4.23. The Morgan fingerprint density at radius 3 is 2.43 bits per heavy atom. The number of fused-ring (bicyclic) bond motifs is 1. The van der Waals surface area contributed by atoms with Crippen LogP contribution in [0.1, 0.15) is 23.7 Å². The minimum absolute atomic E-state index is 0. The summed E-state index contributed by atoms with van der Waals surface area (Å²) in [6.45, 7) is 2.45. The number of benzene rings is 2. The van der Waals surface area contributed by atoms with Crippen molar-refractivity contribution in [2.45, 2.75) is 19.4 Å². The van der Waals surface area contributed by atoms with Crippen LogP contribution in [0.5, 0.6) is 11.5 Å². The Morgan fingerprint density at radius 1 is 1.07 bits per heavy atom. The molecule has 1 aromatic heterocycles. The molecule has 3 rings (SSSR count). The van der Waals surface area contributed by atoms with Gasteiger partial charge < -0.3 is 20.5 Å². The van der Waals surface area contributed by atoms with Gasteiger partial charge in [0.1, 0.15) is 0 Å². The molecule has 8 heteroatoms. The van der Waals surface area contributed by atoms with Crippen LogP contribution in [0.25, 0.3) is 22.2 Å². The molecule has 0 aliphatic carbocycles. The van der Waals surface area contributed by atoms with Crippen LogP contribution in [-0.2, 0) is 0 Å². The van der Waals surface area contributed by atoms with E-state index in [0.717, 1.165) is 22.9 Å². The molecule has 0 aliphatic rings. The maximum Gasteiger partial charge on any atom is 0.252 e. The van der Waals surface area contributed by atoms with Gasteiger partial charge in [-0.3, -0.25) is 4.79 Å². The molecule has 1 heterocycles. The summed E-state index contributed by atoms with van der Waals surface area (Å²) in [4.78, 5) is 17.6. The first kappa shape index (κ1) is 25.5. The second-order valence-electron chi connectivity index (χ2n) is 6.66. The highest BCUT2D eigenvalue weighted by Crippen LogP contribution is 2.33. The summed E-state index contributed by atoms with van der Waals surface area (Å²) in [5.74, 6) is 1.11. The third-order valence-corrected chi connectivity index (χ3v) is 4.53. The molecule has 0 fully saturated rings. The SMILES string of the molecule is COc1ccc(-c2cc(C(=O)NCCC(C)N)c3ccccc3n2)cc1OC.Cl.Cl. The van der Waals surface area contributed by atoms with Crippen LogP contribution in [0.4, 0.5) is 0 Å². The predicted molar refractivity (Wildman–Crippen MR) is 125 cm³/mol. The monoisotopic (exact) mass is 451 g/mol. The standard InChI is InChI=1S/C22H25N3O3.2ClH/c1-14(23)10-11-24-22(26)17-13-19(25-18-7-5-4-6-16(17)18)15-8-9-20(27-2)21(12-15)28-3;;/h4-9,12-14H,10-11,23H2,1-3H3,(H,24,26);2*1H. The molecule has 0 saturated heterocycles. The first-order valence-electron chi connectivity index (χ1n) is 9.19. The maximum absolute atomic E-state index is 12.8. The fourth-order valence-corrected chi connectivity index (χ4v) is 3.02. The number of nitrogens with one attached hydrogen (secondary N) is 1. The summed E-state index contributed by atoms with van der Waals surface area (Å²) in [5, 5.41) is 3.76. The molecule has 0 radical (unpaired) electrons. The zero-order valence-electron chi connectivity index (χ0n) is 17.2. The Labute approximate surface area is 189 Å². The van der Waals surface area contributed by atoms with Crippen molar-refractivity contribution in [3.05, 3.63) is 54.1 Å². The zero-order valence-corrected chi connectivity index (χ0v) is 18.8.